The molecule has 1 saturated carbocycles. The van der Waals surface area contributed by atoms with E-state index in [1.165, 1.54) is 34.5 Å². The fourth-order valence-electron chi connectivity index (χ4n) is 3.51. The standard InChI is InChI=1S/C19H25N3S.ClH/c1-2-14-3-5-15(6-4-14)17-11-20-9-10-22(17)12-18-19(16-7-8-16)21-13-23-18;/h3-6,13,16-17,20H,2,7-12H2,1H3;1H. The maximum absolute atomic E-state index is 4.64. The van der Waals surface area contributed by atoms with Crippen LogP contribution in [0.1, 0.15) is 53.4 Å². The van der Waals surface area contributed by atoms with Crippen LogP contribution in [0.3, 0.4) is 0 Å². The van der Waals surface area contributed by atoms with Crippen LogP contribution < -0.4 is 5.32 Å². The highest BCUT2D eigenvalue weighted by Crippen LogP contribution is 2.42. The molecule has 4 rings (SSSR count). The summed E-state index contributed by atoms with van der Waals surface area (Å²) in [5.41, 5.74) is 6.28. The van der Waals surface area contributed by atoms with Crippen LogP contribution in [-0.2, 0) is 13.0 Å². The number of rotatable bonds is 5. The van der Waals surface area contributed by atoms with Crippen LogP contribution in [0.5, 0.6) is 0 Å². The van der Waals surface area contributed by atoms with Crippen molar-refractivity contribution < 1.29 is 0 Å². The molecule has 1 aliphatic carbocycles. The fraction of sp³-hybridized carbons (Fsp3) is 0.526. The van der Waals surface area contributed by atoms with Gasteiger partial charge in [-0.15, -0.1) is 23.7 Å². The van der Waals surface area contributed by atoms with Crippen molar-refractivity contribution >= 4 is 23.7 Å². The average Bonchev–Trinajstić information content (AvgIpc) is 3.35. The minimum Gasteiger partial charge on any atom is -0.314 e. The normalized spacial score (nSPS) is 21.5. The molecule has 1 unspecified atom stereocenters. The van der Waals surface area contributed by atoms with Gasteiger partial charge in [0.2, 0.25) is 0 Å². The molecule has 1 aromatic heterocycles. The molecule has 1 saturated heterocycles. The van der Waals surface area contributed by atoms with Gasteiger partial charge in [0.1, 0.15) is 0 Å². The van der Waals surface area contributed by atoms with Crippen molar-refractivity contribution in [1.82, 2.24) is 15.2 Å². The van der Waals surface area contributed by atoms with Gasteiger partial charge in [-0.1, -0.05) is 31.2 Å². The summed E-state index contributed by atoms with van der Waals surface area (Å²) in [5.74, 6) is 0.751. The zero-order valence-corrected chi connectivity index (χ0v) is 15.8. The van der Waals surface area contributed by atoms with E-state index in [2.05, 4.69) is 46.4 Å². The van der Waals surface area contributed by atoms with E-state index in [1.54, 1.807) is 0 Å². The quantitative estimate of drug-likeness (QED) is 0.864. The first kappa shape index (κ1) is 17.9. The molecule has 1 aliphatic heterocycles. The summed E-state index contributed by atoms with van der Waals surface area (Å²) in [5, 5.41) is 3.57. The molecule has 2 fully saturated rings. The molecule has 1 N–H and O–H groups in total. The SMILES string of the molecule is CCc1ccc(C2CNCCN2Cc2scnc2C2CC2)cc1.Cl. The Morgan fingerprint density at radius 2 is 2.04 bits per heavy atom. The number of aromatic nitrogens is 1. The Hall–Kier alpha value is -0.940. The summed E-state index contributed by atoms with van der Waals surface area (Å²) in [7, 11) is 0. The average molecular weight is 364 g/mol. The predicted octanol–water partition coefficient (Wildman–Crippen LogP) is 4.15. The van der Waals surface area contributed by atoms with Crippen LogP contribution in [0, 0.1) is 0 Å². The van der Waals surface area contributed by atoms with E-state index in [4.69, 9.17) is 0 Å². The van der Waals surface area contributed by atoms with Crippen LogP contribution in [0.25, 0.3) is 0 Å². The molecule has 0 radical (unpaired) electrons. The van der Waals surface area contributed by atoms with Gasteiger partial charge in [0, 0.05) is 43.0 Å². The van der Waals surface area contributed by atoms with Crippen molar-refractivity contribution in [2.45, 2.75) is 44.7 Å². The lowest BCUT2D eigenvalue weighted by Gasteiger charge is -2.36. The largest absolute Gasteiger partial charge is 0.314 e. The van der Waals surface area contributed by atoms with Gasteiger partial charge in [-0.2, -0.15) is 0 Å². The van der Waals surface area contributed by atoms with Gasteiger partial charge < -0.3 is 5.32 Å². The second-order valence-corrected chi connectivity index (χ2v) is 7.66. The van der Waals surface area contributed by atoms with Crippen LogP contribution in [0.15, 0.2) is 29.8 Å². The van der Waals surface area contributed by atoms with E-state index < -0.39 is 0 Å². The first-order valence-electron chi connectivity index (χ1n) is 8.81. The number of thiazole rings is 1. The van der Waals surface area contributed by atoms with Crippen LogP contribution in [0.2, 0.25) is 0 Å². The van der Waals surface area contributed by atoms with E-state index in [1.807, 2.05) is 16.8 Å². The van der Waals surface area contributed by atoms with Gasteiger partial charge in [0.05, 0.1) is 11.2 Å². The van der Waals surface area contributed by atoms with E-state index in [-0.39, 0.29) is 12.4 Å². The third kappa shape index (κ3) is 3.83. The molecule has 24 heavy (non-hydrogen) atoms. The number of nitrogens with one attached hydrogen (secondary N) is 1. The Kier molecular flexibility index (Phi) is 5.93. The minimum atomic E-state index is 0. The maximum Gasteiger partial charge on any atom is 0.0798 e. The molecule has 2 heterocycles. The number of nitrogens with zero attached hydrogens (tertiary/aromatic N) is 2. The summed E-state index contributed by atoms with van der Waals surface area (Å²) < 4.78 is 0. The number of piperazine rings is 1. The molecule has 130 valence electrons. The van der Waals surface area contributed by atoms with Gasteiger partial charge >= 0.3 is 0 Å². The lowest BCUT2D eigenvalue weighted by molar-refractivity contribution is 0.154. The summed E-state index contributed by atoms with van der Waals surface area (Å²) >= 11 is 1.84. The molecule has 5 heteroatoms. The van der Waals surface area contributed by atoms with E-state index in [0.29, 0.717) is 6.04 Å². The first-order chi connectivity index (χ1) is 11.3. The number of aryl methyl sites for hydroxylation is 1. The van der Waals surface area contributed by atoms with E-state index >= 15 is 0 Å². The van der Waals surface area contributed by atoms with Crippen molar-refractivity contribution in [3.05, 3.63) is 51.5 Å². The molecular weight excluding hydrogens is 338 g/mol. The third-order valence-electron chi connectivity index (χ3n) is 5.11. The highest BCUT2D eigenvalue weighted by molar-refractivity contribution is 7.09. The Balaban J connectivity index is 0.00000169. The van der Waals surface area contributed by atoms with Crippen LogP contribution in [0.4, 0.5) is 0 Å². The highest BCUT2D eigenvalue weighted by atomic mass is 35.5. The highest BCUT2D eigenvalue weighted by Gasteiger charge is 2.30. The number of hydrogen-bond donors (Lipinski definition) is 1. The van der Waals surface area contributed by atoms with Gasteiger partial charge in [-0.05, 0) is 30.4 Å². The molecule has 2 aliphatic rings. The molecule has 2 aromatic rings. The second-order valence-electron chi connectivity index (χ2n) is 6.72. The van der Waals surface area contributed by atoms with Crippen molar-refractivity contribution in [1.29, 1.82) is 0 Å². The number of halogens is 1. The third-order valence-corrected chi connectivity index (χ3v) is 5.94. The summed E-state index contributed by atoms with van der Waals surface area (Å²) in [6, 6.07) is 9.67. The molecule has 0 bridgehead atoms. The maximum atomic E-state index is 4.64. The van der Waals surface area contributed by atoms with E-state index in [9.17, 15) is 0 Å². The molecular formula is C19H26ClN3S. The summed E-state index contributed by atoms with van der Waals surface area (Å²) in [6.45, 7) is 6.51. The Labute approximate surface area is 154 Å². The molecule has 1 atom stereocenters. The van der Waals surface area contributed by atoms with Crippen molar-refractivity contribution in [2.75, 3.05) is 19.6 Å². The van der Waals surface area contributed by atoms with Crippen molar-refractivity contribution in [3.63, 3.8) is 0 Å². The zero-order chi connectivity index (χ0) is 15.6. The molecule has 0 amide bonds. The van der Waals surface area contributed by atoms with Crippen LogP contribution >= 0.6 is 23.7 Å². The lowest BCUT2D eigenvalue weighted by Crippen LogP contribution is -2.45. The predicted molar refractivity (Wildman–Crippen MR) is 103 cm³/mol. The van der Waals surface area contributed by atoms with Gasteiger partial charge in [0.25, 0.3) is 0 Å². The smallest absolute Gasteiger partial charge is 0.0798 e. The van der Waals surface area contributed by atoms with Crippen molar-refractivity contribution in [2.24, 2.45) is 0 Å². The van der Waals surface area contributed by atoms with Gasteiger partial charge in [-0.3, -0.25) is 4.90 Å². The topological polar surface area (TPSA) is 28.2 Å². The lowest BCUT2D eigenvalue weighted by atomic mass is 10.0. The van der Waals surface area contributed by atoms with Crippen LogP contribution in [-0.4, -0.2) is 29.5 Å². The summed E-state index contributed by atoms with van der Waals surface area (Å²) in [4.78, 5) is 8.77. The van der Waals surface area contributed by atoms with Crippen molar-refractivity contribution in [3.8, 4) is 0 Å². The minimum absolute atomic E-state index is 0. The van der Waals surface area contributed by atoms with Gasteiger partial charge in [0.15, 0.2) is 0 Å². The molecule has 3 nitrogen and oxygen atoms in total. The first-order valence-corrected chi connectivity index (χ1v) is 9.69. The molecule has 1 aromatic carbocycles. The van der Waals surface area contributed by atoms with Gasteiger partial charge in [-0.25, -0.2) is 4.98 Å². The monoisotopic (exact) mass is 363 g/mol. The molecule has 0 spiro atoms. The second kappa shape index (κ2) is 7.96. The number of benzene rings is 1. The van der Waals surface area contributed by atoms with E-state index in [0.717, 1.165) is 38.5 Å². The Morgan fingerprint density at radius 3 is 2.75 bits per heavy atom. The Morgan fingerprint density at radius 1 is 1.25 bits per heavy atom. The number of hydrogen-bond acceptors (Lipinski definition) is 4. The Bertz CT molecular complexity index is 651. The fourth-order valence-corrected chi connectivity index (χ4v) is 4.39. The zero-order valence-electron chi connectivity index (χ0n) is 14.2. The summed E-state index contributed by atoms with van der Waals surface area (Å²) in [6.07, 6.45) is 3.78.